The quantitative estimate of drug-likeness (QED) is 0.754. The van der Waals surface area contributed by atoms with Crippen molar-refractivity contribution in [1.29, 1.82) is 0 Å². The summed E-state index contributed by atoms with van der Waals surface area (Å²) in [6.45, 7) is 2.69. The number of nitrogens with zero attached hydrogens (tertiary/aromatic N) is 4. The maximum atomic E-state index is 13.2. The van der Waals surface area contributed by atoms with Crippen LogP contribution in [0.3, 0.4) is 0 Å². The van der Waals surface area contributed by atoms with Crippen LogP contribution in [0.25, 0.3) is 11.0 Å². The summed E-state index contributed by atoms with van der Waals surface area (Å²) in [5.74, 6) is 0.365. The molecule has 1 amide bonds. The van der Waals surface area contributed by atoms with Crippen LogP contribution in [0.4, 0.5) is 5.69 Å². The summed E-state index contributed by atoms with van der Waals surface area (Å²) in [7, 11) is 5.92. The van der Waals surface area contributed by atoms with Crippen LogP contribution in [0, 0.1) is 6.92 Å². The number of pyridine rings is 1. The van der Waals surface area contributed by atoms with Gasteiger partial charge in [0, 0.05) is 30.9 Å². The zero-order valence-corrected chi connectivity index (χ0v) is 16.3. The third-order valence-corrected chi connectivity index (χ3v) is 4.98. The van der Waals surface area contributed by atoms with Crippen molar-refractivity contribution < 1.29 is 4.79 Å². The third-order valence-electron chi connectivity index (χ3n) is 4.98. The molecule has 1 aliphatic carbocycles. The van der Waals surface area contributed by atoms with E-state index in [1.54, 1.807) is 4.68 Å². The number of aryl methyl sites for hydroxylation is 2. The molecule has 0 unspecified atom stereocenters. The van der Waals surface area contributed by atoms with Gasteiger partial charge in [-0.25, -0.2) is 4.98 Å². The molecule has 0 aliphatic heterocycles. The fourth-order valence-corrected chi connectivity index (χ4v) is 3.54. The molecule has 0 saturated heterocycles. The minimum atomic E-state index is -0.105. The number of fused-ring (bicyclic) bond motifs is 1. The standard InChI is InChI=1S/C21H25N5O/c1-13-19-16(11-18(14-9-10-14)22-20(19)26(4)24-13)21(27)23-17-8-6-5-7-15(17)12-25(2)3/h5-8,11,14H,9-10,12H2,1-4H3,(H,23,27). The van der Waals surface area contributed by atoms with Crippen molar-refractivity contribution in [3.05, 3.63) is 52.8 Å². The zero-order chi connectivity index (χ0) is 19.1. The van der Waals surface area contributed by atoms with Crippen molar-refractivity contribution >= 4 is 22.6 Å². The van der Waals surface area contributed by atoms with Crippen LogP contribution in [0.15, 0.2) is 30.3 Å². The highest BCUT2D eigenvalue weighted by Crippen LogP contribution is 2.40. The van der Waals surface area contributed by atoms with Crippen molar-refractivity contribution in [2.75, 3.05) is 19.4 Å². The summed E-state index contributed by atoms with van der Waals surface area (Å²) in [4.78, 5) is 20.1. The van der Waals surface area contributed by atoms with Crippen LogP contribution < -0.4 is 5.32 Å². The molecule has 1 fully saturated rings. The lowest BCUT2D eigenvalue weighted by Crippen LogP contribution is -2.17. The van der Waals surface area contributed by atoms with E-state index in [-0.39, 0.29) is 5.91 Å². The fourth-order valence-electron chi connectivity index (χ4n) is 3.54. The maximum Gasteiger partial charge on any atom is 0.256 e. The summed E-state index contributed by atoms with van der Waals surface area (Å²) >= 11 is 0. The van der Waals surface area contributed by atoms with Gasteiger partial charge in [0.1, 0.15) is 0 Å². The topological polar surface area (TPSA) is 63.1 Å². The SMILES string of the molecule is Cc1nn(C)c2nc(C3CC3)cc(C(=O)Nc3ccccc3CN(C)C)c12. The molecule has 2 heterocycles. The van der Waals surface area contributed by atoms with Gasteiger partial charge in [-0.15, -0.1) is 0 Å². The molecule has 1 aliphatic rings. The van der Waals surface area contributed by atoms with Crippen LogP contribution in [0.1, 0.15) is 46.1 Å². The normalized spacial score (nSPS) is 14.1. The predicted octanol–water partition coefficient (Wildman–Crippen LogP) is 3.47. The van der Waals surface area contributed by atoms with Crippen molar-refractivity contribution in [2.45, 2.75) is 32.2 Å². The first-order chi connectivity index (χ1) is 12.9. The number of para-hydroxylation sites is 1. The van der Waals surface area contributed by atoms with Crippen molar-refractivity contribution in [1.82, 2.24) is 19.7 Å². The number of nitrogens with one attached hydrogen (secondary N) is 1. The Labute approximate surface area is 159 Å². The number of benzene rings is 1. The first kappa shape index (κ1) is 17.7. The van der Waals surface area contributed by atoms with E-state index in [1.807, 2.05) is 58.4 Å². The number of rotatable bonds is 5. The molecule has 6 nitrogen and oxygen atoms in total. The second-order valence-electron chi connectivity index (χ2n) is 7.63. The Hall–Kier alpha value is -2.73. The third kappa shape index (κ3) is 3.45. The maximum absolute atomic E-state index is 13.2. The van der Waals surface area contributed by atoms with Gasteiger partial charge in [-0.1, -0.05) is 18.2 Å². The van der Waals surface area contributed by atoms with Crippen LogP contribution >= 0.6 is 0 Å². The van der Waals surface area contributed by atoms with Crippen LogP contribution in [0.2, 0.25) is 0 Å². The molecule has 4 rings (SSSR count). The molecule has 27 heavy (non-hydrogen) atoms. The highest BCUT2D eigenvalue weighted by atomic mass is 16.1. The van der Waals surface area contributed by atoms with Crippen LogP contribution in [-0.4, -0.2) is 39.7 Å². The second kappa shape index (κ2) is 6.78. The molecular weight excluding hydrogens is 338 g/mol. The molecular formula is C21H25N5O. The largest absolute Gasteiger partial charge is 0.322 e. The minimum Gasteiger partial charge on any atom is -0.322 e. The molecule has 0 atom stereocenters. The molecule has 2 aromatic heterocycles. The molecule has 0 bridgehead atoms. The van der Waals surface area contributed by atoms with Gasteiger partial charge in [-0.05, 0) is 51.6 Å². The lowest BCUT2D eigenvalue weighted by Gasteiger charge is -2.15. The van der Waals surface area contributed by atoms with Gasteiger partial charge in [-0.3, -0.25) is 9.48 Å². The average Bonchev–Trinajstić information content (AvgIpc) is 3.42. The zero-order valence-electron chi connectivity index (χ0n) is 16.3. The summed E-state index contributed by atoms with van der Waals surface area (Å²) in [6.07, 6.45) is 2.28. The highest BCUT2D eigenvalue weighted by molar-refractivity contribution is 6.13. The van der Waals surface area contributed by atoms with Crippen molar-refractivity contribution in [3.8, 4) is 0 Å². The van der Waals surface area contributed by atoms with E-state index in [0.29, 0.717) is 11.5 Å². The molecule has 6 heteroatoms. The number of anilines is 1. The smallest absolute Gasteiger partial charge is 0.256 e. The van der Waals surface area contributed by atoms with E-state index in [1.165, 1.54) is 0 Å². The first-order valence-electron chi connectivity index (χ1n) is 9.32. The molecule has 140 valence electrons. The molecule has 1 N–H and O–H groups in total. The van der Waals surface area contributed by atoms with Crippen LogP contribution in [-0.2, 0) is 13.6 Å². The molecule has 1 aromatic carbocycles. The van der Waals surface area contributed by atoms with Crippen LogP contribution in [0.5, 0.6) is 0 Å². The fraction of sp³-hybridized carbons (Fsp3) is 0.381. The summed E-state index contributed by atoms with van der Waals surface area (Å²) in [5.41, 5.74) is 5.20. The van der Waals surface area contributed by atoms with Gasteiger partial charge in [0.05, 0.1) is 16.6 Å². The van der Waals surface area contributed by atoms with E-state index >= 15 is 0 Å². The lowest BCUT2D eigenvalue weighted by atomic mass is 10.1. The number of carbonyl (C=O) groups excluding carboxylic acids is 1. The Morgan fingerprint density at radius 1 is 1.30 bits per heavy atom. The molecule has 0 radical (unpaired) electrons. The summed E-state index contributed by atoms with van der Waals surface area (Å²) < 4.78 is 1.77. The molecule has 3 aromatic rings. The Morgan fingerprint density at radius 3 is 2.74 bits per heavy atom. The number of hydrogen-bond donors (Lipinski definition) is 1. The summed E-state index contributed by atoms with van der Waals surface area (Å²) in [6, 6.07) is 9.89. The second-order valence-corrected chi connectivity index (χ2v) is 7.63. The van der Waals surface area contributed by atoms with E-state index in [2.05, 4.69) is 15.3 Å². The molecule has 0 spiro atoms. The number of carbonyl (C=O) groups is 1. The van der Waals surface area contributed by atoms with Gasteiger partial charge >= 0.3 is 0 Å². The number of hydrogen-bond acceptors (Lipinski definition) is 4. The first-order valence-corrected chi connectivity index (χ1v) is 9.32. The summed E-state index contributed by atoms with van der Waals surface area (Å²) in [5, 5.41) is 8.44. The average molecular weight is 363 g/mol. The van der Waals surface area contributed by atoms with E-state index < -0.39 is 0 Å². The Kier molecular flexibility index (Phi) is 4.44. The van der Waals surface area contributed by atoms with E-state index in [0.717, 1.165) is 53.1 Å². The van der Waals surface area contributed by atoms with Gasteiger partial charge in [0.2, 0.25) is 0 Å². The minimum absolute atomic E-state index is 0.105. The highest BCUT2D eigenvalue weighted by Gasteiger charge is 2.28. The molecule has 1 saturated carbocycles. The van der Waals surface area contributed by atoms with E-state index in [4.69, 9.17) is 4.98 Å². The Balaban J connectivity index is 1.75. The number of amides is 1. The monoisotopic (exact) mass is 363 g/mol. The van der Waals surface area contributed by atoms with Gasteiger partial charge in [-0.2, -0.15) is 5.10 Å². The number of aromatic nitrogens is 3. The lowest BCUT2D eigenvalue weighted by molar-refractivity contribution is 0.102. The van der Waals surface area contributed by atoms with Crippen molar-refractivity contribution in [2.24, 2.45) is 7.05 Å². The van der Waals surface area contributed by atoms with Gasteiger partial charge < -0.3 is 10.2 Å². The Bertz CT molecular complexity index is 1020. The Morgan fingerprint density at radius 2 is 2.04 bits per heavy atom. The van der Waals surface area contributed by atoms with Crippen molar-refractivity contribution in [3.63, 3.8) is 0 Å². The predicted molar refractivity (Wildman–Crippen MR) is 107 cm³/mol. The van der Waals surface area contributed by atoms with Gasteiger partial charge in [0.15, 0.2) is 5.65 Å². The van der Waals surface area contributed by atoms with Gasteiger partial charge in [0.25, 0.3) is 5.91 Å². The van der Waals surface area contributed by atoms with E-state index in [9.17, 15) is 4.79 Å².